The van der Waals surface area contributed by atoms with Gasteiger partial charge in [0, 0.05) is 11.9 Å². The number of para-hydroxylation sites is 2. The molecule has 0 saturated heterocycles. The number of aromatic hydroxyl groups is 1. The lowest BCUT2D eigenvalue weighted by Gasteiger charge is -2.14. The molecule has 1 aromatic heterocycles. The van der Waals surface area contributed by atoms with Crippen LogP contribution in [0.15, 0.2) is 53.3 Å². The largest absolute Gasteiger partial charge is 0.506 e. The highest BCUT2D eigenvalue weighted by atomic mass is 35.5. The molecule has 0 bridgehead atoms. The Bertz CT molecular complexity index is 1010. The first kappa shape index (κ1) is 17.0. The molecule has 0 aliphatic heterocycles. The number of hydrogen-bond donors (Lipinski definition) is 2. The maximum absolute atomic E-state index is 12.8. The predicted molar refractivity (Wildman–Crippen MR) is 99.6 cm³/mol. The Labute approximate surface area is 149 Å². The van der Waals surface area contributed by atoms with Gasteiger partial charge in [-0.2, -0.15) is 0 Å². The molecule has 5 nitrogen and oxygen atoms in total. The van der Waals surface area contributed by atoms with Crippen LogP contribution in [0.5, 0.6) is 5.75 Å². The molecule has 0 fully saturated rings. The Morgan fingerprint density at radius 3 is 2.56 bits per heavy atom. The lowest BCUT2D eigenvalue weighted by Crippen LogP contribution is -2.29. The van der Waals surface area contributed by atoms with Gasteiger partial charge in [0.25, 0.3) is 11.5 Å². The summed E-state index contributed by atoms with van der Waals surface area (Å²) < 4.78 is 1.51. The van der Waals surface area contributed by atoms with Crippen LogP contribution in [0.3, 0.4) is 0 Å². The normalized spacial score (nSPS) is 10.8. The smallest absolute Gasteiger partial charge is 0.267 e. The molecule has 0 aliphatic carbocycles. The highest BCUT2D eigenvalue weighted by Crippen LogP contribution is 2.28. The molecule has 128 valence electrons. The number of hydrogen-bond acceptors (Lipinski definition) is 3. The summed E-state index contributed by atoms with van der Waals surface area (Å²) >= 11 is 6.05. The second-order valence-corrected chi connectivity index (χ2v) is 6.04. The fourth-order valence-corrected chi connectivity index (χ4v) is 2.97. The standard InChI is InChI=1S/C19H17ClN2O3/c1-2-11-22-15-10-6-3-7-12(15)17(23)16(19(22)25)18(24)21-14-9-5-4-8-13(14)20/h3-10,23H,2,11H2,1H3,(H,21,24). The number of rotatable bonds is 4. The fraction of sp³-hybridized carbons (Fsp3) is 0.158. The number of anilines is 1. The molecule has 0 aliphatic rings. The monoisotopic (exact) mass is 356 g/mol. The molecule has 6 heteroatoms. The molecule has 0 atom stereocenters. The minimum absolute atomic E-state index is 0.285. The summed E-state index contributed by atoms with van der Waals surface area (Å²) in [6, 6.07) is 13.7. The zero-order chi connectivity index (χ0) is 18.0. The van der Waals surface area contributed by atoms with Crippen LogP contribution in [0, 0.1) is 0 Å². The summed E-state index contributed by atoms with van der Waals surface area (Å²) in [6.07, 6.45) is 0.722. The summed E-state index contributed by atoms with van der Waals surface area (Å²) in [7, 11) is 0. The predicted octanol–water partition coefficient (Wildman–Crippen LogP) is 4.02. The van der Waals surface area contributed by atoms with Crippen LogP contribution in [0.2, 0.25) is 5.02 Å². The van der Waals surface area contributed by atoms with Crippen molar-refractivity contribution in [3.8, 4) is 5.75 Å². The van der Waals surface area contributed by atoms with Gasteiger partial charge in [-0.15, -0.1) is 0 Å². The molecule has 25 heavy (non-hydrogen) atoms. The van der Waals surface area contributed by atoms with Gasteiger partial charge in [0.15, 0.2) is 0 Å². The number of aromatic nitrogens is 1. The number of carbonyl (C=O) groups is 1. The zero-order valence-electron chi connectivity index (χ0n) is 13.6. The first-order valence-corrected chi connectivity index (χ1v) is 8.32. The van der Waals surface area contributed by atoms with Gasteiger partial charge in [-0.05, 0) is 30.7 Å². The Hall–Kier alpha value is -2.79. The topological polar surface area (TPSA) is 71.3 Å². The number of pyridine rings is 1. The van der Waals surface area contributed by atoms with E-state index in [1.807, 2.05) is 6.92 Å². The number of amides is 1. The summed E-state index contributed by atoms with van der Waals surface area (Å²) in [4.78, 5) is 25.5. The number of fused-ring (bicyclic) bond motifs is 1. The molecule has 0 saturated carbocycles. The van der Waals surface area contributed by atoms with Gasteiger partial charge in [0.2, 0.25) is 0 Å². The van der Waals surface area contributed by atoms with Crippen molar-refractivity contribution in [2.75, 3.05) is 5.32 Å². The Morgan fingerprint density at radius 2 is 1.84 bits per heavy atom. The van der Waals surface area contributed by atoms with Crippen molar-refractivity contribution in [1.29, 1.82) is 0 Å². The van der Waals surface area contributed by atoms with Gasteiger partial charge in [0.1, 0.15) is 11.3 Å². The SMILES string of the molecule is CCCn1c(=O)c(C(=O)Nc2ccccc2Cl)c(O)c2ccccc21. The van der Waals surface area contributed by atoms with Crippen molar-refractivity contribution in [2.45, 2.75) is 19.9 Å². The van der Waals surface area contributed by atoms with Crippen molar-refractivity contribution >= 4 is 34.1 Å². The van der Waals surface area contributed by atoms with Crippen molar-refractivity contribution in [1.82, 2.24) is 4.57 Å². The second kappa shape index (κ2) is 6.99. The minimum Gasteiger partial charge on any atom is -0.506 e. The summed E-state index contributed by atoms with van der Waals surface area (Å²) in [6.45, 7) is 2.39. The van der Waals surface area contributed by atoms with Gasteiger partial charge in [-0.3, -0.25) is 9.59 Å². The van der Waals surface area contributed by atoms with E-state index < -0.39 is 11.5 Å². The number of nitrogens with one attached hydrogen (secondary N) is 1. The molecular formula is C19H17ClN2O3. The quantitative estimate of drug-likeness (QED) is 0.741. The Kier molecular flexibility index (Phi) is 4.76. The van der Waals surface area contributed by atoms with Gasteiger partial charge in [-0.1, -0.05) is 42.8 Å². The maximum atomic E-state index is 12.8. The van der Waals surface area contributed by atoms with Crippen LogP contribution >= 0.6 is 11.6 Å². The van der Waals surface area contributed by atoms with E-state index in [-0.39, 0.29) is 11.3 Å². The van der Waals surface area contributed by atoms with Crippen LogP contribution < -0.4 is 10.9 Å². The molecule has 3 aromatic rings. The number of nitrogens with zero attached hydrogens (tertiary/aromatic N) is 1. The first-order valence-electron chi connectivity index (χ1n) is 7.95. The van der Waals surface area contributed by atoms with E-state index in [1.54, 1.807) is 48.5 Å². The zero-order valence-corrected chi connectivity index (χ0v) is 14.4. The van der Waals surface area contributed by atoms with Crippen LogP contribution in [-0.2, 0) is 6.54 Å². The average Bonchev–Trinajstić information content (AvgIpc) is 2.61. The van der Waals surface area contributed by atoms with Crippen LogP contribution in [-0.4, -0.2) is 15.6 Å². The number of halogens is 1. The number of aryl methyl sites for hydroxylation is 1. The molecule has 0 unspecified atom stereocenters. The van der Waals surface area contributed by atoms with Crippen molar-refractivity contribution in [3.63, 3.8) is 0 Å². The molecule has 0 radical (unpaired) electrons. The molecule has 1 heterocycles. The van der Waals surface area contributed by atoms with E-state index >= 15 is 0 Å². The number of carbonyl (C=O) groups excluding carboxylic acids is 1. The Morgan fingerprint density at radius 1 is 1.16 bits per heavy atom. The third kappa shape index (κ3) is 3.10. The molecule has 0 spiro atoms. The molecular weight excluding hydrogens is 340 g/mol. The second-order valence-electron chi connectivity index (χ2n) is 5.63. The highest BCUT2D eigenvalue weighted by Gasteiger charge is 2.22. The van der Waals surface area contributed by atoms with Crippen LogP contribution in [0.4, 0.5) is 5.69 Å². The molecule has 1 amide bonds. The molecule has 2 aromatic carbocycles. The fourth-order valence-electron chi connectivity index (χ4n) is 2.79. The van der Waals surface area contributed by atoms with Gasteiger partial charge in [0.05, 0.1) is 16.2 Å². The maximum Gasteiger partial charge on any atom is 0.267 e. The van der Waals surface area contributed by atoms with Crippen molar-refractivity contribution in [3.05, 3.63) is 69.5 Å². The minimum atomic E-state index is -0.689. The van der Waals surface area contributed by atoms with E-state index in [0.717, 1.165) is 6.42 Å². The Balaban J connectivity index is 2.17. The van der Waals surface area contributed by atoms with E-state index in [0.29, 0.717) is 28.2 Å². The third-order valence-electron chi connectivity index (χ3n) is 3.94. The lowest BCUT2D eigenvalue weighted by atomic mass is 10.1. The third-order valence-corrected chi connectivity index (χ3v) is 4.27. The molecule has 2 N–H and O–H groups in total. The first-order chi connectivity index (χ1) is 12.0. The van der Waals surface area contributed by atoms with E-state index in [1.165, 1.54) is 4.57 Å². The highest BCUT2D eigenvalue weighted by molar-refractivity contribution is 6.34. The summed E-state index contributed by atoms with van der Waals surface area (Å²) in [5.41, 5.74) is 0.166. The summed E-state index contributed by atoms with van der Waals surface area (Å²) in [5, 5.41) is 13.9. The summed E-state index contributed by atoms with van der Waals surface area (Å²) in [5.74, 6) is -1.01. The average molecular weight is 357 g/mol. The van der Waals surface area contributed by atoms with E-state index in [2.05, 4.69) is 5.32 Å². The lowest BCUT2D eigenvalue weighted by molar-refractivity contribution is 0.102. The van der Waals surface area contributed by atoms with Crippen LogP contribution in [0.1, 0.15) is 23.7 Å². The van der Waals surface area contributed by atoms with E-state index in [4.69, 9.17) is 11.6 Å². The van der Waals surface area contributed by atoms with Gasteiger partial charge >= 0.3 is 0 Å². The van der Waals surface area contributed by atoms with E-state index in [9.17, 15) is 14.7 Å². The van der Waals surface area contributed by atoms with Gasteiger partial charge in [-0.25, -0.2) is 0 Å². The number of benzene rings is 2. The van der Waals surface area contributed by atoms with Gasteiger partial charge < -0.3 is 15.0 Å². The molecule has 3 rings (SSSR count). The van der Waals surface area contributed by atoms with Crippen LogP contribution in [0.25, 0.3) is 10.9 Å². The van der Waals surface area contributed by atoms with Crippen molar-refractivity contribution in [2.24, 2.45) is 0 Å². The van der Waals surface area contributed by atoms with Crippen molar-refractivity contribution < 1.29 is 9.90 Å².